The molecule has 1 saturated carbocycles. The van der Waals surface area contributed by atoms with E-state index in [1.54, 1.807) is 0 Å². The average molecular weight is 283 g/mol. The molecule has 1 aromatic carbocycles. The van der Waals surface area contributed by atoms with Crippen LogP contribution in [0.5, 0.6) is 5.75 Å². The van der Waals surface area contributed by atoms with E-state index in [1.807, 2.05) is 24.3 Å². The van der Waals surface area contributed by atoms with Gasteiger partial charge in [0.05, 0.1) is 0 Å². The van der Waals surface area contributed by atoms with Crippen molar-refractivity contribution in [3.8, 4) is 5.75 Å². The number of benzene rings is 1. The van der Waals surface area contributed by atoms with E-state index in [2.05, 4.69) is 11.9 Å². The van der Waals surface area contributed by atoms with Gasteiger partial charge in [0.2, 0.25) is 0 Å². The molecule has 0 bridgehead atoms. The molecule has 3 nitrogen and oxygen atoms in total. The molecule has 0 spiro atoms. The molecule has 0 saturated heterocycles. The fraction of sp³-hybridized carbons (Fsp3) is 0.600. The molecule has 0 heterocycles. The van der Waals surface area contributed by atoms with Gasteiger partial charge in [0.1, 0.15) is 12.4 Å². The molecule has 2 N–H and O–H groups in total. The summed E-state index contributed by atoms with van der Waals surface area (Å²) in [6.45, 7) is 2.43. The summed E-state index contributed by atoms with van der Waals surface area (Å²) in [7, 11) is 2.17. The quantitative estimate of drug-likeness (QED) is 0.872. The molecule has 0 aliphatic heterocycles. The number of halogens is 1. The molecular weight excluding hydrogens is 260 g/mol. The summed E-state index contributed by atoms with van der Waals surface area (Å²) in [5.74, 6) is 1.53. The van der Waals surface area contributed by atoms with E-state index in [0.29, 0.717) is 18.6 Å². The number of rotatable bonds is 6. The van der Waals surface area contributed by atoms with Crippen LogP contribution in [0.1, 0.15) is 19.3 Å². The highest BCUT2D eigenvalue weighted by Gasteiger charge is 2.28. The SMILES string of the molecule is CN(CCOc1ccc(Cl)cc1)C1CCCC1CN. The molecule has 19 heavy (non-hydrogen) atoms. The van der Waals surface area contributed by atoms with Crippen molar-refractivity contribution in [1.29, 1.82) is 0 Å². The first kappa shape index (κ1) is 14.6. The van der Waals surface area contributed by atoms with Gasteiger partial charge in [0, 0.05) is 17.6 Å². The predicted molar refractivity (Wildman–Crippen MR) is 79.8 cm³/mol. The minimum absolute atomic E-state index is 0.624. The molecule has 0 aromatic heterocycles. The number of ether oxygens (including phenoxy) is 1. The molecule has 2 atom stereocenters. The highest BCUT2D eigenvalue weighted by molar-refractivity contribution is 6.30. The van der Waals surface area contributed by atoms with Gasteiger partial charge in [-0.2, -0.15) is 0 Å². The van der Waals surface area contributed by atoms with Crippen molar-refractivity contribution in [3.05, 3.63) is 29.3 Å². The molecule has 1 aliphatic carbocycles. The number of nitrogens with zero attached hydrogens (tertiary/aromatic N) is 1. The summed E-state index contributed by atoms with van der Waals surface area (Å²) in [5, 5.41) is 0.737. The molecule has 2 rings (SSSR count). The Hall–Kier alpha value is -0.770. The van der Waals surface area contributed by atoms with Gasteiger partial charge in [0.25, 0.3) is 0 Å². The molecule has 106 valence electrons. The minimum Gasteiger partial charge on any atom is -0.492 e. The van der Waals surface area contributed by atoms with Gasteiger partial charge in [-0.25, -0.2) is 0 Å². The molecule has 4 heteroatoms. The van der Waals surface area contributed by atoms with Crippen molar-refractivity contribution in [3.63, 3.8) is 0 Å². The van der Waals surface area contributed by atoms with Crippen LogP contribution < -0.4 is 10.5 Å². The van der Waals surface area contributed by atoms with Crippen molar-refractivity contribution >= 4 is 11.6 Å². The van der Waals surface area contributed by atoms with Crippen LogP contribution in [-0.4, -0.2) is 37.7 Å². The summed E-state index contributed by atoms with van der Waals surface area (Å²) in [5.41, 5.74) is 5.83. The van der Waals surface area contributed by atoms with Gasteiger partial charge in [0.15, 0.2) is 0 Å². The molecule has 1 aromatic rings. The number of hydrogen-bond acceptors (Lipinski definition) is 3. The van der Waals surface area contributed by atoms with Crippen LogP contribution in [0.25, 0.3) is 0 Å². The number of likely N-dealkylation sites (N-methyl/N-ethyl adjacent to an activating group) is 1. The Bertz CT molecular complexity index is 382. The van der Waals surface area contributed by atoms with E-state index in [0.717, 1.165) is 23.9 Å². The number of nitrogens with two attached hydrogens (primary N) is 1. The van der Waals surface area contributed by atoms with Crippen LogP contribution in [0.2, 0.25) is 5.02 Å². The van der Waals surface area contributed by atoms with E-state index < -0.39 is 0 Å². The Labute approximate surface area is 120 Å². The van der Waals surface area contributed by atoms with Crippen LogP contribution in [0, 0.1) is 5.92 Å². The lowest BCUT2D eigenvalue weighted by Gasteiger charge is -2.28. The third kappa shape index (κ3) is 4.10. The highest BCUT2D eigenvalue weighted by Crippen LogP contribution is 2.28. The summed E-state index contributed by atoms with van der Waals surface area (Å²) in [6.07, 6.45) is 3.83. The van der Waals surface area contributed by atoms with Crippen molar-refractivity contribution in [2.24, 2.45) is 11.7 Å². The Morgan fingerprint density at radius 3 is 2.74 bits per heavy atom. The zero-order chi connectivity index (χ0) is 13.7. The molecule has 0 radical (unpaired) electrons. The molecule has 1 aliphatic rings. The standard InChI is InChI=1S/C15H23ClN2O/c1-18(15-4-2-3-12(15)11-17)9-10-19-14-7-5-13(16)6-8-14/h5-8,12,15H,2-4,9-11,17H2,1H3. The zero-order valence-electron chi connectivity index (χ0n) is 11.5. The Morgan fingerprint density at radius 2 is 2.05 bits per heavy atom. The third-order valence-electron chi connectivity index (χ3n) is 4.01. The molecular formula is C15H23ClN2O. The Balaban J connectivity index is 1.74. The fourth-order valence-corrected chi connectivity index (χ4v) is 3.00. The summed E-state index contributed by atoms with van der Waals surface area (Å²) >= 11 is 5.84. The third-order valence-corrected chi connectivity index (χ3v) is 4.27. The van der Waals surface area contributed by atoms with E-state index in [-0.39, 0.29) is 0 Å². The average Bonchev–Trinajstić information content (AvgIpc) is 2.89. The Morgan fingerprint density at radius 1 is 1.32 bits per heavy atom. The second-order valence-corrected chi connectivity index (χ2v) is 5.71. The summed E-state index contributed by atoms with van der Waals surface area (Å²) in [4.78, 5) is 2.39. The first-order valence-corrected chi connectivity index (χ1v) is 7.37. The molecule has 0 amide bonds. The maximum atomic E-state index is 5.84. The smallest absolute Gasteiger partial charge is 0.119 e. The monoisotopic (exact) mass is 282 g/mol. The van der Waals surface area contributed by atoms with Crippen LogP contribution in [0.15, 0.2) is 24.3 Å². The lowest BCUT2D eigenvalue weighted by atomic mass is 10.0. The predicted octanol–water partition coefficient (Wildman–Crippen LogP) is 2.78. The minimum atomic E-state index is 0.624. The van der Waals surface area contributed by atoms with Gasteiger partial charge in [-0.15, -0.1) is 0 Å². The maximum Gasteiger partial charge on any atom is 0.119 e. The second kappa shape index (κ2) is 7.13. The van der Waals surface area contributed by atoms with Crippen LogP contribution in [0.3, 0.4) is 0 Å². The van der Waals surface area contributed by atoms with E-state index in [9.17, 15) is 0 Å². The topological polar surface area (TPSA) is 38.5 Å². The van der Waals surface area contributed by atoms with Crippen molar-refractivity contribution < 1.29 is 4.74 Å². The van der Waals surface area contributed by atoms with Crippen molar-refractivity contribution in [2.75, 3.05) is 26.7 Å². The summed E-state index contributed by atoms with van der Waals surface area (Å²) < 4.78 is 5.73. The lowest BCUT2D eigenvalue weighted by Crippen LogP contribution is -2.39. The van der Waals surface area contributed by atoms with Crippen molar-refractivity contribution in [2.45, 2.75) is 25.3 Å². The first-order valence-electron chi connectivity index (χ1n) is 6.99. The molecule has 1 fully saturated rings. The maximum absolute atomic E-state index is 5.84. The van der Waals surface area contributed by atoms with Gasteiger partial charge in [-0.3, -0.25) is 4.90 Å². The largest absolute Gasteiger partial charge is 0.492 e. The van der Waals surface area contributed by atoms with Gasteiger partial charge in [-0.05, 0) is 56.6 Å². The van der Waals surface area contributed by atoms with Crippen molar-refractivity contribution in [1.82, 2.24) is 4.90 Å². The zero-order valence-corrected chi connectivity index (χ0v) is 12.3. The van der Waals surface area contributed by atoms with E-state index in [4.69, 9.17) is 22.1 Å². The fourth-order valence-electron chi connectivity index (χ4n) is 2.88. The van der Waals surface area contributed by atoms with Gasteiger partial charge >= 0.3 is 0 Å². The lowest BCUT2D eigenvalue weighted by molar-refractivity contribution is 0.165. The van der Waals surface area contributed by atoms with Crippen LogP contribution >= 0.6 is 11.6 Å². The van der Waals surface area contributed by atoms with E-state index in [1.165, 1.54) is 19.3 Å². The first-order chi connectivity index (χ1) is 9.20. The van der Waals surface area contributed by atoms with E-state index >= 15 is 0 Å². The normalized spacial score (nSPS) is 22.9. The Kier molecular flexibility index (Phi) is 5.49. The summed E-state index contributed by atoms with van der Waals surface area (Å²) in [6, 6.07) is 8.13. The van der Waals surface area contributed by atoms with Gasteiger partial charge in [-0.1, -0.05) is 18.0 Å². The van der Waals surface area contributed by atoms with Crippen LogP contribution in [0.4, 0.5) is 0 Å². The highest BCUT2D eigenvalue weighted by atomic mass is 35.5. The number of hydrogen-bond donors (Lipinski definition) is 1. The molecule has 2 unspecified atom stereocenters. The van der Waals surface area contributed by atoms with Gasteiger partial charge < -0.3 is 10.5 Å². The second-order valence-electron chi connectivity index (χ2n) is 5.28. The van der Waals surface area contributed by atoms with Crippen LogP contribution in [-0.2, 0) is 0 Å².